The first-order chi connectivity index (χ1) is 7.08. The van der Waals surface area contributed by atoms with Crippen LogP contribution in [0.1, 0.15) is 46.0 Å². The van der Waals surface area contributed by atoms with Crippen LogP contribution in [-0.4, -0.2) is 24.3 Å². The summed E-state index contributed by atoms with van der Waals surface area (Å²) in [6.45, 7) is 4.04. The molecule has 1 saturated heterocycles. The van der Waals surface area contributed by atoms with Crippen LogP contribution in [0.15, 0.2) is 0 Å². The maximum absolute atomic E-state index is 11.7. The Balaban J connectivity index is 2.01. The first-order valence-electron chi connectivity index (χ1n) is 5.86. The van der Waals surface area contributed by atoms with Crippen molar-refractivity contribution in [2.75, 3.05) is 7.11 Å². The first-order valence-corrected chi connectivity index (χ1v) is 5.86. The summed E-state index contributed by atoms with van der Waals surface area (Å²) in [6, 6.07) is 0. The van der Waals surface area contributed by atoms with Gasteiger partial charge in [0.15, 0.2) is 5.60 Å². The summed E-state index contributed by atoms with van der Waals surface area (Å²) in [4.78, 5) is 11.7. The van der Waals surface area contributed by atoms with Crippen molar-refractivity contribution >= 4 is 5.97 Å². The SMILES string of the molecule is CCC1(C(=O)OC)OC1(C)CC1CCC1. The molecule has 0 aromatic heterocycles. The van der Waals surface area contributed by atoms with E-state index in [2.05, 4.69) is 0 Å². The van der Waals surface area contributed by atoms with Gasteiger partial charge in [-0.25, -0.2) is 4.79 Å². The molecule has 0 amide bonds. The van der Waals surface area contributed by atoms with Crippen molar-refractivity contribution in [3.63, 3.8) is 0 Å². The van der Waals surface area contributed by atoms with Crippen LogP contribution in [-0.2, 0) is 14.3 Å². The summed E-state index contributed by atoms with van der Waals surface area (Å²) in [5.41, 5.74) is -0.905. The Hall–Kier alpha value is -0.570. The van der Waals surface area contributed by atoms with Gasteiger partial charge in [-0.2, -0.15) is 0 Å². The largest absolute Gasteiger partial charge is 0.467 e. The highest BCUT2D eigenvalue weighted by Gasteiger charge is 2.71. The molecule has 2 unspecified atom stereocenters. The number of methoxy groups -OCH3 is 1. The lowest BCUT2D eigenvalue weighted by Gasteiger charge is -2.27. The summed E-state index contributed by atoms with van der Waals surface area (Å²) in [5, 5.41) is 0. The van der Waals surface area contributed by atoms with Gasteiger partial charge in [0.25, 0.3) is 0 Å². The van der Waals surface area contributed by atoms with Crippen molar-refractivity contribution in [2.45, 2.75) is 57.2 Å². The van der Waals surface area contributed by atoms with Crippen LogP contribution < -0.4 is 0 Å². The predicted octanol–water partition coefficient (Wildman–Crippen LogP) is 2.29. The highest BCUT2D eigenvalue weighted by molar-refractivity contribution is 5.84. The Morgan fingerprint density at radius 2 is 2.20 bits per heavy atom. The fourth-order valence-corrected chi connectivity index (χ4v) is 2.83. The molecule has 0 N–H and O–H groups in total. The summed E-state index contributed by atoms with van der Waals surface area (Å²) in [7, 11) is 1.44. The normalized spacial score (nSPS) is 39.7. The molecule has 0 bridgehead atoms. The number of carbonyl (C=O) groups is 1. The minimum Gasteiger partial charge on any atom is -0.467 e. The third-order valence-corrected chi connectivity index (χ3v) is 4.13. The summed E-state index contributed by atoms with van der Waals surface area (Å²) >= 11 is 0. The molecule has 1 heterocycles. The van der Waals surface area contributed by atoms with Gasteiger partial charge < -0.3 is 9.47 Å². The van der Waals surface area contributed by atoms with E-state index >= 15 is 0 Å². The molecule has 2 rings (SSSR count). The van der Waals surface area contributed by atoms with Gasteiger partial charge in [-0.05, 0) is 25.7 Å². The monoisotopic (exact) mass is 212 g/mol. The van der Waals surface area contributed by atoms with Gasteiger partial charge in [-0.15, -0.1) is 0 Å². The van der Waals surface area contributed by atoms with Gasteiger partial charge in [-0.3, -0.25) is 0 Å². The van der Waals surface area contributed by atoms with E-state index in [-0.39, 0.29) is 11.6 Å². The molecule has 2 fully saturated rings. The lowest BCUT2D eigenvalue weighted by atomic mass is 9.75. The fraction of sp³-hybridized carbons (Fsp3) is 0.917. The molecule has 1 aliphatic carbocycles. The molecule has 15 heavy (non-hydrogen) atoms. The lowest BCUT2D eigenvalue weighted by molar-refractivity contribution is -0.147. The average Bonchev–Trinajstić information content (AvgIpc) is 2.79. The van der Waals surface area contributed by atoms with Crippen molar-refractivity contribution < 1.29 is 14.3 Å². The zero-order valence-electron chi connectivity index (χ0n) is 9.84. The van der Waals surface area contributed by atoms with Crippen LogP contribution >= 0.6 is 0 Å². The number of ether oxygens (including phenoxy) is 2. The molecule has 0 aromatic carbocycles. The van der Waals surface area contributed by atoms with E-state index in [1.165, 1.54) is 26.4 Å². The Bertz CT molecular complexity index is 272. The quantitative estimate of drug-likeness (QED) is 0.530. The maximum Gasteiger partial charge on any atom is 0.341 e. The molecule has 2 atom stereocenters. The van der Waals surface area contributed by atoms with Gasteiger partial charge >= 0.3 is 5.97 Å². The van der Waals surface area contributed by atoms with Gasteiger partial charge in [0.05, 0.1) is 7.11 Å². The number of epoxide rings is 1. The Labute approximate surface area is 91.1 Å². The number of hydrogen-bond acceptors (Lipinski definition) is 3. The molecule has 0 radical (unpaired) electrons. The van der Waals surface area contributed by atoms with Crippen molar-refractivity contribution in [2.24, 2.45) is 5.92 Å². The Morgan fingerprint density at radius 1 is 1.53 bits per heavy atom. The summed E-state index contributed by atoms with van der Waals surface area (Å²) < 4.78 is 10.6. The molecular formula is C12H20O3. The standard InChI is InChI=1S/C12H20O3/c1-4-12(10(13)14-3)11(2,15-12)8-9-6-5-7-9/h9H,4-8H2,1-3H3. The molecule has 0 aromatic rings. The molecule has 3 nitrogen and oxygen atoms in total. The lowest BCUT2D eigenvalue weighted by Crippen LogP contribution is -2.35. The van der Waals surface area contributed by atoms with Crippen molar-refractivity contribution in [1.82, 2.24) is 0 Å². The smallest absolute Gasteiger partial charge is 0.341 e. The molecular weight excluding hydrogens is 192 g/mol. The molecule has 1 saturated carbocycles. The van der Waals surface area contributed by atoms with E-state index in [0.717, 1.165) is 12.3 Å². The van der Waals surface area contributed by atoms with E-state index in [0.29, 0.717) is 6.42 Å². The number of carbonyl (C=O) groups excluding carboxylic acids is 1. The minimum atomic E-state index is -0.642. The minimum absolute atomic E-state index is 0.202. The van der Waals surface area contributed by atoms with Crippen LogP contribution in [0.3, 0.4) is 0 Å². The third-order valence-electron chi connectivity index (χ3n) is 4.13. The Morgan fingerprint density at radius 3 is 2.60 bits per heavy atom. The molecule has 3 heteroatoms. The topological polar surface area (TPSA) is 38.8 Å². The van der Waals surface area contributed by atoms with Crippen LogP contribution in [0.5, 0.6) is 0 Å². The van der Waals surface area contributed by atoms with E-state index in [9.17, 15) is 4.79 Å². The number of rotatable bonds is 4. The van der Waals surface area contributed by atoms with Crippen LogP contribution in [0.2, 0.25) is 0 Å². The predicted molar refractivity (Wildman–Crippen MR) is 56.5 cm³/mol. The summed E-state index contributed by atoms with van der Waals surface area (Å²) in [6.07, 6.45) is 5.64. The van der Waals surface area contributed by atoms with Crippen LogP contribution in [0.25, 0.3) is 0 Å². The van der Waals surface area contributed by atoms with Crippen LogP contribution in [0, 0.1) is 5.92 Å². The van der Waals surface area contributed by atoms with E-state index in [1.807, 2.05) is 13.8 Å². The van der Waals surface area contributed by atoms with Gasteiger partial charge in [-0.1, -0.05) is 26.2 Å². The second kappa shape index (κ2) is 3.48. The number of esters is 1. The third kappa shape index (κ3) is 1.48. The van der Waals surface area contributed by atoms with E-state index in [4.69, 9.17) is 9.47 Å². The Kier molecular flexibility index (Phi) is 2.53. The zero-order valence-corrected chi connectivity index (χ0v) is 9.84. The van der Waals surface area contributed by atoms with Crippen LogP contribution in [0.4, 0.5) is 0 Å². The van der Waals surface area contributed by atoms with Crippen molar-refractivity contribution in [1.29, 1.82) is 0 Å². The maximum atomic E-state index is 11.7. The molecule has 86 valence electrons. The highest BCUT2D eigenvalue weighted by Crippen LogP contribution is 2.56. The van der Waals surface area contributed by atoms with Gasteiger partial charge in [0.1, 0.15) is 5.60 Å². The van der Waals surface area contributed by atoms with E-state index < -0.39 is 5.60 Å². The van der Waals surface area contributed by atoms with Gasteiger partial charge in [0, 0.05) is 0 Å². The second-order valence-corrected chi connectivity index (χ2v) is 5.01. The molecule has 0 spiro atoms. The van der Waals surface area contributed by atoms with Crippen molar-refractivity contribution in [3.8, 4) is 0 Å². The molecule has 1 aliphatic heterocycles. The zero-order chi connectivity index (χ0) is 11.1. The highest BCUT2D eigenvalue weighted by atomic mass is 16.7. The fourth-order valence-electron chi connectivity index (χ4n) is 2.83. The molecule has 2 aliphatic rings. The second-order valence-electron chi connectivity index (χ2n) is 5.01. The first kappa shape index (κ1) is 10.9. The number of hydrogen-bond donors (Lipinski definition) is 0. The van der Waals surface area contributed by atoms with Gasteiger partial charge in [0.2, 0.25) is 0 Å². The summed E-state index contributed by atoms with van der Waals surface area (Å²) in [5.74, 6) is 0.555. The van der Waals surface area contributed by atoms with Crippen molar-refractivity contribution in [3.05, 3.63) is 0 Å². The average molecular weight is 212 g/mol. The van der Waals surface area contributed by atoms with E-state index in [1.54, 1.807) is 0 Å².